The van der Waals surface area contributed by atoms with Gasteiger partial charge in [0.25, 0.3) is 5.91 Å². The first-order valence-corrected chi connectivity index (χ1v) is 6.94. The second kappa shape index (κ2) is 7.69. The molecule has 1 saturated heterocycles. The molecule has 0 bridgehead atoms. The molecule has 20 heavy (non-hydrogen) atoms. The van der Waals surface area contributed by atoms with E-state index in [4.69, 9.17) is 37.4 Å². The maximum atomic E-state index is 11.6. The molecular weight excluding hydrogens is 305 g/mol. The second-order valence-corrected chi connectivity index (χ2v) is 5.08. The highest BCUT2D eigenvalue weighted by Crippen LogP contribution is 2.27. The normalized spacial score (nSPS) is 18.6. The quantitative estimate of drug-likeness (QED) is 0.900. The third-order valence-corrected chi connectivity index (χ3v) is 3.20. The predicted octanol–water partition coefficient (Wildman–Crippen LogP) is 1.90. The zero-order chi connectivity index (χ0) is 14.4. The summed E-state index contributed by atoms with van der Waals surface area (Å²) in [7, 11) is 0. The van der Waals surface area contributed by atoms with Crippen molar-refractivity contribution < 1.29 is 19.0 Å². The van der Waals surface area contributed by atoms with Crippen molar-refractivity contribution in [3.05, 3.63) is 28.2 Å². The van der Waals surface area contributed by atoms with Gasteiger partial charge in [-0.05, 0) is 18.2 Å². The van der Waals surface area contributed by atoms with Gasteiger partial charge >= 0.3 is 0 Å². The number of benzene rings is 1. The van der Waals surface area contributed by atoms with E-state index in [2.05, 4.69) is 5.32 Å². The van der Waals surface area contributed by atoms with E-state index in [1.807, 2.05) is 0 Å². The third kappa shape index (κ3) is 4.83. The lowest BCUT2D eigenvalue weighted by atomic mass is 10.3. The highest BCUT2D eigenvalue weighted by atomic mass is 35.5. The zero-order valence-corrected chi connectivity index (χ0v) is 12.2. The van der Waals surface area contributed by atoms with Crippen molar-refractivity contribution in [1.82, 2.24) is 5.32 Å². The number of hydrogen-bond donors (Lipinski definition) is 1. The third-order valence-electron chi connectivity index (χ3n) is 2.66. The van der Waals surface area contributed by atoms with E-state index in [0.717, 1.165) is 0 Å². The van der Waals surface area contributed by atoms with Gasteiger partial charge in [-0.25, -0.2) is 0 Å². The molecule has 1 aromatic carbocycles. The van der Waals surface area contributed by atoms with Crippen molar-refractivity contribution in [1.29, 1.82) is 0 Å². The van der Waals surface area contributed by atoms with Crippen LogP contribution < -0.4 is 10.1 Å². The standard InChI is InChI=1S/C13H15Cl2NO4/c14-9-1-2-12(11(15)5-9)20-8-13(17)16-6-10-7-18-3-4-19-10/h1-2,5,10H,3-4,6-8H2,(H,16,17). The Balaban J connectivity index is 1.71. The maximum Gasteiger partial charge on any atom is 0.258 e. The van der Waals surface area contributed by atoms with E-state index >= 15 is 0 Å². The summed E-state index contributed by atoms with van der Waals surface area (Å²) in [6.07, 6.45) is -0.105. The van der Waals surface area contributed by atoms with Crippen LogP contribution in [0.15, 0.2) is 18.2 Å². The van der Waals surface area contributed by atoms with Crippen LogP contribution in [0.3, 0.4) is 0 Å². The number of nitrogens with one attached hydrogen (secondary N) is 1. The van der Waals surface area contributed by atoms with Crippen molar-refractivity contribution in [2.45, 2.75) is 6.10 Å². The van der Waals surface area contributed by atoms with Gasteiger partial charge in [-0.2, -0.15) is 0 Å². The fourth-order valence-corrected chi connectivity index (χ4v) is 2.13. The van der Waals surface area contributed by atoms with E-state index < -0.39 is 0 Å². The second-order valence-electron chi connectivity index (χ2n) is 4.24. The first-order chi connectivity index (χ1) is 9.65. The van der Waals surface area contributed by atoms with E-state index in [1.54, 1.807) is 18.2 Å². The molecule has 1 fully saturated rings. The molecule has 1 aliphatic heterocycles. The molecule has 1 aliphatic rings. The average molecular weight is 320 g/mol. The lowest BCUT2D eigenvalue weighted by Gasteiger charge is -2.23. The number of rotatable bonds is 5. The van der Waals surface area contributed by atoms with Gasteiger partial charge in [0.2, 0.25) is 0 Å². The van der Waals surface area contributed by atoms with Gasteiger partial charge in [-0.3, -0.25) is 4.79 Å². The topological polar surface area (TPSA) is 56.8 Å². The Kier molecular flexibility index (Phi) is 5.91. The number of carbonyl (C=O) groups excluding carboxylic acids is 1. The van der Waals surface area contributed by atoms with Crippen LogP contribution in [0, 0.1) is 0 Å². The molecule has 1 heterocycles. The number of hydrogen-bond acceptors (Lipinski definition) is 4. The molecule has 7 heteroatoms. The van der Waals surface area contributed by atoms with Gasteiger partial charge in [-0.1, -0.05) is 23.2 Å². The van der Waals surface area contributed by atoms with Gasteiger partial charge in [0.15, 0.2) is 6.61 Å². The van der Waals surface area contributed by atoms with Crippen LogP contribution in [0.25, 0.3) is 0 Å². The molecule has 1 amide bonds. The van der Waals surface area contributed by atoms with E-state index in [0.29, 0.717) is 42.2 Å². The fourth-order valence-electron chi connectivity index (χ4n) is 1.67. The van der Waals surface area contributed by atoms with E-state index in [-0.39, 0.29) is 18.6 Å². The molecule has 2 rings (SSSR count). The Bertz CT molecular complexity index is 464. The zero-order valence-electron chi connectivity index (χ0n) is 10.7. The van der Waals surface area contributed by atoms with Gasteiger partial charge < -0.3 is 19.5 Å². The minimum atomic E-state index is -0.245. The molecule has 1 atom stereocenters. The summed E-state index contributed by atoms with van der Waals surface area (Å²) in [6.45, 7) is 1.93. The molecule has 1 N–H and O–H groups in total. The number of amides is 1. The maximum absolute atomic E-state index is 11.6. The molecule has 5 nitrogen and oxygen atoms in total. The lowest BCUT2D eigenvalue weighted by Crippen LogP contribution is -2.41. The van der Waals surface area contributed by atoms with Crippen LogP contribution in [-0.4, -0.2) is 45.0 Å². The molecule has 0 aromatic heterocycles. The van der Waals surface area contributed by atoms with Crippen LogP contribution in [0.1, 0.15) is 0 Å². The minimum Gasteiger partial charge on any atom is -0.482 e. The number of halogens is 2. The Morgan fingerprint density at radius 2 is 2.25 bits per heavy atom. The van der Waals surface area contributed by atoms with Crippen LogP contribution in [0.5, 0.6) is 5.75 Å². The van der Waals surface area contributed by atoms with Gasteiger partial charge in [-0.15, -0.1) is 0 Å². The molecule has 0 radical (unpaired) electrons. The molecule has 0 saturated carbocycles. The summed E-state index contributed by atoms with van der Waals surface area (Å²) in [6, 6.07) is 4.83. The monoisotopic (exact) mass is 319 g/mol. The fraction of sp³-hybridized carbons (Fsp3) is 0.462. The van der Waals surface area contributed by atoms with Gasteiger partial charge in [0, 0.05) is 11.6 Å². The number of carbonyl (C=O) groups is 1. The summed E-state index contributed by atoms with van der Waals surface area (Å²) in [5.41, 5.74) is 0. The lowest BCUT2D eigenvalue weighted by molar-refractivity contribution is -0.125. The Morgan fingerprint density at radius 3 is 2.95 bits per heavy atom. The van der Waals surface area contributed by atoms with Crippen LogP contribution in [0.2, 0.25) is 10.0 Å². The van der Waals surface area contributed by atoms with Crippen LogP contribution >= 0.6 is 23.2 Å². The smallest absolute Gasteiger partial charge is 0.258 e. The first kappa shape index (κ1) is 15.4. The average Bonchev–Trinajstić information content (AvgIpc) is 2.45. The molecular formula is C13H15Cl2NO4. The minimum absolute atomic E-state index is 0.105. The van der Waals surface area contributed by atoms with E-state index in [9.17, 15) is 4.79 Å². The summed E-state index contributed by atoms with van der Waals surface area (Å²) >= 11 is 11.7. The largest absolute Gasteiger partial charge is 0.482 e. The van der Waals surface area contributed by atoms with Gasteiger partial charge in [0.05, 0.1) is 30.9 Å². The summed E-state index contributed by atoms with van der Waals surface area (Å²) in [5.74, 6) is 0.175. The summed E-state index contributed by atoms with van der Waals surface area (Å²) in [5, 5.41) is 3.60. The number of ether oxygens (including phenoxy) is 3. The van der Waals surface area contributed by atoms with Crippen LogP contribution in [0.4, 0.5) is 0 Å². The highest BCUT2D eigenvalue weighted by Gasteiger charge is 2.15. The van der Waals surface area contributed by atoms with Crippen molar-refractivity contribution in [3.8, 4) is 5.75 Å². The first-order valence-electron chi connectivity index (χ1n) is 6.19. The van der Waals surface area contributed by atoms with Crippen molar-refractivity contribution in [3.63, 3.8) is 0 Å². The highest BCUT2D eigenvalue weighted by molar-refractivity contribution is 6.35. The molecule has 1 unspecified atom stereocenters. The molecule has 0 aliphatic carbocycles. The Morgan fingerprint density at radius 1 is 1.40 bits per heavy atom. The van der Waals surface area contributed by atoms with E-state index in [1.165, 1.54) is 0 Å². The van der Waals surface area contributed by atoms with Crippen molar-refractivity contribution in [2.75, 3.05) is 33.0 Å². The molecule has 1 aromatic rings. The predicted molar refractivity (Wildman–Crippen MR) is 75.5 cm³/mol. The summed E-state index contributed by atoms with van der Waals surface area (Å²) < 4.78 is 16.0. The van der Waals surface area contributed by atoms with Crippen LogP contribution in [-0.2, 0) is 14.3 Å². The van der Waals surface area contributed by atoms with Crippen molar-refractivity contribution in [2.24, 2.45) is 0 Å². The SMILES string of the molecule is O=C(COc1ccc(Cl)cc1Cl)NCC1COCCO1. The van der Waals surface area contributed by atoms with Gasteiger partial charge in [0.1, 0.15) is 5.75 Å². The molecule has 110 valence electrons. The Labute approximate surface area is 127 Å². The van der Waals surface area contributed by atoms with Crippen molar-refractivity contribution >= 4 is 29.1 Å². The molecule has 0 spiro atoms. The summed E-state index contributed by atoms with van der Waals surface area (Å²) in [4.78, 5) is 11.6. The Hall–Kier alpha value is -1.01.